The molecule has 0 bridgehead atoms. The van der Waals surface area contributed by atoms with Crippen LogP contribution in [0.3, 0.4) is 0 Å². The number of hydrogen-bond acceptors (Lipinski definition) is 5. The maximum Gasteiger partial charge on any atom is 0.260 e. The van der Waals surface area contributed by atoms with Gasteiger partial charge in [0.15, 0.2) is 6.61 Å². The second-order valence-corrected chi connectivity index (χ2v) is 6.10. The lowest BCUT2D eigenvalue weighted by molar-refractivity contribution is -0.135. The van der Waals surface area contributed by atoms with Crippen LogP contribution in [-0.2, 0) is 9.53 Å². The van der Waals surface area contributed by atoms with Gasteiger partial charge in [-0.05, 0) is 26.0 Å². The number of ether oxygens (including phenoxy) is 2. The quantitative estimate of drug-likeness (QED) is 0.765. The zero-order valence-electron chi connectivity index (χ0n) is 14.6. The topological polar surface area (TPSA) is 62.2 Å². The lowest BCUT2D eigenvalue weighted by Crippen LogP contribution is -2.51. The molecule has 1 aromatic rings. The van der Waals surface area contributed by atoms with E-state index in [2.05, 4.69) is 4.90 Å². The fraction of sp³-hybridized carbons (Fsp3) is 0.611. The summed E-state index contributed by atoms with van der Waals surface area (Å²) in [6, 6.07) is 7.68. The summed E-state index contributed by atoms with van der Waals surface area (Å²) in [5.41, 5.74) is 1.16. The van der Waals surface area contributed by atoms with Crippen molar-refractivity contribution in [2.75, 3.05) is 52.5 Å². The number of carbonyl (C=O) groups excluding carboxylic acids is 1. The van der Waals surface area contributed by atoms with Gasteiger partial charge in [0.05, 0.1) is 12.7 Å². The highest BCUT2D eigenvalue weighted by Crippen LogP contribution is 2.12. The molecule has 0 unspecified atom stereocenters. The maximum absolute atomic E-state index is 12.2. The molecular formula is C18H28N2O4. The van der Waals surface area contributed by atoms with Crippen molar-refractivity contribution in [2.45, 2.75) is 20.0 Å². The molecule has 1 heterocycles. The van der Waals surface area contributed by atoms with Crippen LogP contribution in [0.1, 0.15) is 12.5 Å². The van der Waals surface area contributed by atoms with E-state index in [9.17, 15) is 9.90 Å². The molecule has 0 saturated carbocycles. The molecule has 1 saturated heterocycles. The third-order valence-corrected chi connectivity index (χ3v) is 4.09. The van der Waals surface area contributed by atoms with Crippen molar-refractivity contribution in [1.29, 1.82) is 0 Å². The second-order valence-electron chi connectivity index (χ2n) is 6.10. The van der Waals surface area contributed by atoms with Crippen molar-refractivity contribution in [3.05, 3.63) is 29.8 Å². The van der Waals surface area contributed by atoms with E-state index < -0.39 is 6.10 Å². The SMILES string of the molecule is CCOC[C@@H](O)CN1CCN(C(=O)COc2ccc(C)cc2)CC1. The van der Waals surface area contributed by atoms with Crippen LogP contribution in [0, 0.1) is 6.92 Å². The number of nitrogens with zero attached hydrogens (tertiary/aromatic N) is 2. The lowest BCUT2D eigenvalue weighted by Gasteiger charge is -2.35. The fourth-order valence-corrected chi connectivity index (χ4v) is 2.66. The molecule has 0 aromatic heterocycles. The Morgan fingerprint density at radius 1 is 1.21 bits per heavy atom. The fourth-order valence-electron chi connectivity index (χ4n) is 2.66. The van der Waals surface area contributed by atoms with Gasteiger partial charge in [0.25, 0.3) is 5.91 Å². The average molecular weight is 336 g/mol. The van der Waals surface area contributed by atoms with Gasteiger partial charge in [-0.2, -0.15) is 0 Å². The normalized spacial score (nSPS) is 16.9. The number of rotatable bonds is 8. The summed E-state index contributed by atoms with van der Waals surface area (Å²) in [5.74, 6) is 0.719. The van der Waals surface area contributed by atoms with Crippen molar-refractivity contribution in [2.24, 2.45) is 0 Å². The predicted molar refractivity (Wildman–Crippen MR) is 92.2 cm³/mol. The standard InChI is InChI=1S/C18H28N2O4/c1-3-23-13-16(21)12-19-8-10-20(11-9-19)18(22)14-24-17-6-4-15(2)5-7-17/h4-7,16,21H,3,8-14H2,1-2H3/t16-/m0/s1. The van der Waals surface area contributed by atoms with Gasteiger partial charge in [0.2, 0.25) is 0 Å². The first-order valence-electron chi connectivity index (χ1n) is 8.54. The highest BCUT2D eigenvalue weighted by Gasteiger charge is 2.22. The molecule has 1 aliphatic rings. The Morgan fingerprint density at radius 3 is 2.50 bits per heavy atom. The highest BCUT2D eigenvalue weighted by molar-refractivity contribution is 5.77. The minimum absolute atomic E-state index is 0.00471. The number of β-amino-alcohol motifs (C(OH)–C–C–N with tert-alkyl or cyclic N) is 1. The molecule has 1 aliphatic heterocycles. The molecule has 1 amide bonds. The third kappa shape index (κ3) is 6.11. The summed E-state index contributed by atoms with van der Waals surface area (Å²) in [6.45, 7) is 8.40. The first kappa shape index (κ1) is 18.7. The second kappa shape index (κ2) is 9.61. The molecule has 6 nitrogen and oxygen atoms in total. The van der Waals surface area contributed by atoms with Crippen LogP contribution in [0.25, 0.3) is 0 Å². The molecule has 0 radical (unpaired) electrons. The van der Waals surface area contributed by atoms with Gasteiger partial charge in [-0.25, -0.2) is 0 Å². The van der Waals surface area contributed by atoms with E-state index in [1.165, 1.54) is 0 Å². The van der Waals surface area contributed by atoms with Crippen LogP contribution in [0.15, 0.2) is 24.3 Å². The van der Waals surface area contributed by atoms with Crippen molar-refractivity contribution in [3.8, 4) is 5.75 Å². The van der Waals surface area contributed by atoms with Gasteiger partial charge in [0, 0.05) is 39.3 Å². The van der Waals surface area contributed by atoms with Crippen molar-refractivity contribution in [3.63, 3.8) is 0 Å². The molecule has 24 heavy (non-hydrogen) atoms. The van der Waals surface area contributed by atoms with Crippen LogP contribution >= 0.6 is 0 Å². The lowest BCUT2D eigenvalue weighted by atomic mass is 10.2. The summed E-state index contributed by atoms with van der Waals surface area (Å²) in [5, 5.41) is 9.87. The van der Waals surface area contributed by atoms with Crippen LogP contribution in [-0.4, -0.2) is 79.5 Å². The van der Waals surface area contributed by atoms with E-state index in [1.54, 1.807) is 0 Å². The molecule has 2 rings (SSSR count). The van der Waals surface area contributed by atoms with E-state index in [0.29, 0.717) is 38.6 Å². The molecule has 1 aromatic carbocycles. The first-order chi connectivity index (χ1) is 11.6. The summed E-state index contributed by atoms with van der Waals surface area (Å²) in [6.07, 6.45) is -0.475. The smallest absolute Gasteiger partial charge is 0.260 e. The van der Waals surface area contributed by atoms with Gasteiger partial charge in [-0.1, -0.05) is 17.7 Å². The number of amides is 1. The minimum Gasteiger partial charge on any atom is -0.484 e. The Labute approximate surface area is 144 Å². The van der Waals surface area contributed by atoms with Gasteiger partial charge in [-0.15, -0.1) is 0 Å². The number of piperazine rings is 1. The number of carbonyl (C=O) groups is 1. The minimum atomic E-state index is -0.475. The summed E-state index contributed by atoms with van der Waals surface area (Å²) >= 11 is 0. The van der Waals surface area contributed by atoms with E-state index in [-0.39, 0.29) is 12.5 Å². The monoisotopic (exact) mass is 336 g/mol. The van der Waals surface area contributed by atoms with E-state index in [1.807, 2.05) is 43.0 Å². The van der Waals surface area contributed by atoms with Crippen molar-refractivity contribution >= 4 is 5.91 Å². The van der Waals surface area contributed by atoms with Gasteiger partial charge in [-0.3, -0.25) is 9.69 Å². The summed E-state index contributed by atoms with van der Waals surface area (Å²) in [4.78, 5) is 16.2. The summed E-state index contributed by atoms with van der Waals surface area (Å²) in [7, 11) is 0. The molecule has 0 spiro atoms. The zero-order valence-corrected chi connectivity index (χ0v) is 14.6. The zero-order chi connectivity index (χ0) is 17.4. The Hall–Kier alpha value is -1.63. The Morgan fingerprint density at radius 2 is 1.88 bits per heavy atom. The molecule has 0 aliphatic carbocycles. The van der Waals surface area contributed by atoms with Crippen LogP contribution in [0.5, 0.6) is 5.75 Å². The van der Waals surface area contributed by atoms with Crippen LogP contribution < -0.4 is 4.74 Å². The van der Waals surface area contributed by atoms with Crippen LogP contribution in [0.2, 0.25) is 0 Å². The summed E-state index contributed by atoms with van der Waals surface area (Å²) < 4.78 is 10.8. The molecule has 6 heteroatoms. The average Bonchev–Trinajstić information content (AvgIpc) is 2.60. The predicted octanol–water partition coefficient (Wildman–Crippen LogP) is 0.915. The van der Waals surface area contributed by atoms with Crippen molar-refractivity contribution in [1.82, 2.24) is 9.80 Å². The highest BCUT2D eigenvalue weighted by atomic mass is 16.5. The third-order valence-electron chi connectivity index (χ3n) is 4.09. The number of hydrogen-bond donors (Lipinski definition) is 1. The number of benzene rings is 1. The van der Waals surface area contributed by atoms with E-state index in [4.69, 9.17) is 9.47 Å². The van der Waals surface area contributed by atoms with Crippen molar-refractivity contribution < 1.29 is 19.4 Å². The molecule has 1 fully saturated rings. The molecule has 1 atom stereocenters. The maximum atomic E-state index is 12.2. The molecule has 1 N–H and O–H groups in total. The first-order valence-corrected chi connectivity index (χ1v) is 8.54. The van der Waals surface area contributed by atoms with E-state index in [0.717, 1.165) is 18.7 Å². The Balaban J connectivity index is 1.67. The van der Waals surface area contributed by atoms with Crippen LogP contribution in [0.4, 0.5) is 0 Å². The number of aliphatic hydroxyl groups is 1. The Bertz CT molecular complexity index is 498. The number of aryl methyl sites for hydroxylation is 1. The van der Waals surface area contributed by atoms with Gasteiger partial charge >= 0.3 is 0 Å². The van der Waals surface area contributed by atoms with Gasteiger partial charge in [0.1, 0.15) is 5.75 Å². The van der Waals surface area contributed by atoms with Gasteiger partial charge < -0.3 is 19.5 Å². The molecular weight excluding hydrogens is 308 g/mol. The van der Waals surface area contributed by atoms with E-state index >= 15 is 0 Å². The number of aliphatic hydroxyl groups excluding tert-OH is 1. The Kier molecular flexibility index (Phi) is 7.49. The largest absolute Gasteiger partial charge is 0.484 e. The molecule has 134 valence electrons.